The van der Waals surface area contributed by atoms with Crippen LogP contribution in [0.2, 0.25) is 0 Å². The second kappa shape index (κ2) is 6.15. The monoisotopic (exact) mass is 233 g/mol. The van der Waals surface area contributed by atoms with Crippen LogP contribution in [0.5, 0.6) is 0 Å². The predicted molar refractivity (Wildman–Crippen MR) is 57.1 cm³/mol. The molecule has 0 aromatic heterocycles. The minimum atomic E-state index is -4.34. The fourth-order valence-electron chi connectivity index (χ4n) is 0.946. The molecule has 0 atom stereocenters. The summed E-state index contributed by atoms with van der Waals surface area (Å²) in [6.45, 7) is 5.29. The van der Waals surface area contributed by atoms with E-state index in [1.165, 1.54) is 19.1 Å². The van der Waals surface area contributed by atoms with Gasteiger partial charge in [-0.05, 0) is 24.3 Å². The van der Waals surface area contributed by atoms with Crippen LogP contribution in [-0.4, -0.2) is 5.91 Å². The molecule has 2 nitrogen and oxygen atoms in total. The standard InChI is InChI=1S/C9H8F3NO.C2H6/c1-6(14)13-8-4-2-7(3-5-8)9(10,11)12;1-2/h2-5H,1H3,(H,13,14);1-2H3. The van der Waals surface area contributed by atoms with Crippen LogP contribution in [-0.2, 0) is 11.0 Å². The molecule has 0 heterocycles. The first-order chi connectivity index (χ1) is 7.39. The number of alkyl halides is 3. The summed E-state index contributed by atoms with van der Waals surface area (Å²) < 4.78 is 36.3. The fourth-order valence-corrected chi connectivity index (χ4v) is 0.946. The Labute approximate surface area is 92.5 Å². The molecule has 0 saturated heterocycles. The molecule has 0 unspecified atom stereocenters. The number of carbonyl (C=O) groups is 1. The number of carbonyl (C=O) groups excluding carboxylic acids is 1. The van der Waals surface area contributed by atoms with Gasteiger partial charge in [-0.1, -0.05) is 13.8 Å². The topological polar surface area (TPSA) is 29.1 Å². The van der Waals surface area contributed by atoms with Gasteiger partial charge in [-0.25, -0.2) is 0 Å². The Morgan fingerprint density at radius 2 is 1.56 bits per heavy atom. The highest BCUT2D eigenvalue weighted by atomic mass is 19.4. The van der Waals surface area contributed by atoms with Crippen LogP contribution < -0.4 is 5.32 Å². The maximum atomic E-state index is 12.1. The summed E-state index contributed by atoms with van der Waals surface area (Å²) in [4.78, 5) is 10.6. The molecule has 0 saturated carbocycles. The van der Waals surface area contributed by atoms with E-state index in [4.69, 9.17) is 0 Å². The summed E-state index contributed by atoms with van der Waals surface area (Å²) in [6, 6.07) is 4.27. The zero-order valence-corrected chi connectivity index (χ0v) is 9.35. The zero-order chi connectivity index (χ0) is 12.8. The van der Waals surface area contributed by atoms with Crippen LogP contribution in [0.25, 0.3) is 0 Å². The van der Waals surface area contributed by atoms with E-state index in [0.717, 1.165) is 12.1 Å². The van der Waals surface area contributed by atoms with Gasteiger partial charge in [-0.3, -0.25) is 4.79 Å². The second-order valence-corrected chi connectivity index (χ2v) is 2.76. The predicted octanol–water partition coefficient (Wildman–Crippen LogP) is 3.69. The van der Waals surface area contributed by atoms with Gasteiger partial charge in [0.2, 0.25) is 5.91 Å². The molecular weight excluding hydrogens is 219 g/mol. The third-order valence-corrected chi connectivity index (χ3v) is 1.53. The Morgan fingerprint density at radius 3 is 1.88 bits per heavy atom. The van der Waals surface area contributed by atoms with Crippen molar-refractivity contribution in [2.45, 2.75) is 26.9 Å². The highest BCUT2D eigenvalue weighted by Crippen LogP contribution is 2.29. The molecule has 5 heteroatoms. The third kappa shape index (κ3) is 4.82. The van der Waals surface area contributed by atoms with Crippen molar-refractivity contribution in [3.63, 3.8) is 0 Å². The highest BCUT2D eigenvalue weighted by molar-refractivity contribution is 5.88. The van der Waals surface area contributed by atoms with Crippen LogP contribution >= 0.6 is 0 Å². The highest BCUT2D eigenvalue weighted by Gasteiger charge is 2.29. The third-order valence-electron chi connectivity index (χ3n) is 1.53. The van der Waals surface area contributed by atoms with E-state index in [2.05, 4.69) is 5.32 Å². The number of amides is 1. The van der Waals surface area contributed by atoms with Gasteiger partial charge in [0, 0.05) is 12.6 Å². The molecule has 0 spiro atoms. The lowest BCUT2D eigenvalue weighted by molar-refractivity contribution is -0.137. The van der Waals surface area contributed by atoms with Crippen molar-refractivity contribution >= 4 is 11.6 Å². The van der Waals surface area contributed by atoms with Crippen LogP contribution in [0.1, 0.15) is 26.3 Å². The van der Waals surface area contributed by atoms with Crippen LogP contribution in [0.15, 0.2) is 24.3 Å². The first kappa shape index (κ1) is 14.5. The number of hydrogen-bond acceptors (Lipinski definition) is 1. The first-order valence-corrected chi connectivity index (χ1v) is 4.84. The molecule has 90 valence electrons. The van der Waals surface area contributed by atoms with Gasteiger partial charge in [0.05, 0.1) is 5.56 Å². The minimum Gasteiger partial charge on any atom is -0.326 e. The smallest absolute Gasteiger partial charge is 0.326 e. The molecule has 16 heavy (non-hydrogen) atoms. The van der Waals surface area contributed by atoms with Crippen molar-refractivity contribution in [3.05, 3.63) is 29.8 Å². The van der Waals surface area contributed by atoms with Gasteiger partial charge in [0.25, 0.3) is 0 Å². The van der Waals surface area contributed by atoms with E-state index < -0.39 is 11.7 Å². The number of anilines is 1. The van der Waals surface area contributed by atoms with Crippen molar-refractivity contribution in [1.29, 1.82) is 0 Å². The maximum Gasteiger partial charge on any atom is 0.416 e. The Balaban J connectivity index is 0.00000106. The molecule has 0 aliphatic carbocycles. The van der Waals surface area contributed by atoms with Crippen molar-refractivity contribution in [1.82, 2.24) is 0 Å². The number of hydrogen-bond donors (Lipinski definition) is 1. The fraction of sp³-hybridized carbons (Fsp3) is 0.364. The maximum absolute atomic E-state index is 12.1. The zero-order valence-electron chi connectivity index (χ0n) is 9.35. The summed E-state index contributed by atoms with van der Waals surface area (Å²) in [5, 5.41) is 2.38. The molecular formula is C11H14F3NO. The molecule has 0 fully saturated rings. The number of benzene rings is 1. The van der Waals surface area contributed by atoms with Crippen molar-refractivity contribution in [2.75, 3.05) is 5.32 Å². The molecule has 1 aromatic carbocycles. The van der Waals surface area contributed by atoms with Gasteiger partial charge in [0.1, 0.15) is 0 Å². The van der Waals surface area contributed by atoms with Crippen molar-refractivity contribution in [2.24, 2.45) is 0 Å². The lowest BCUT2D eigenvalue weighted by atomic mass is 10.2. The van der Waals surface area contributed by atoms with Crippen molar-refractivity contribution in [3.8, 4) is 0 Å². The lowest BCUT2D eigenvalue weighted by Gasteiger charge is -2.07. The Hall–Kier alpha value is -1.52. The van der Waals surface area contributed by atoms with Gasteiger partial charge in [0.15, 0.2) is 0 Å². The number of halogens is 3. The summed E-state index contributed by atoms with van der Waals surface area (Å²) >= 11 is 0. The van der Waals surface area contributed by atoms with E-state index in [9.17, 15) is 18.0 Å². The quantitative estimate of drug-likeness (QED) is 0.787. The van der Waals surface area contributed by atoms with Crippen LogP contribution in [0.3, 0.4) is 0 Å². The molecule has 0 radical (unpaired) electrons. The number of rotatable bonds is 1. The van der Waals surface area contributed by atoms with Crippen LogP contribution in [0.4, 0.5) is 18.9 Å². The van der Waals surface area contributed by atoms with Crippen LogP contribution in [0, 0.1) is 0 Å². The minimum absolute atomic E-state index is 0.315. The second-order valence-electron chi connectivity index (χ2n) is 2.76. The molecule has 0 bridgehead atoms. The average Bonchev–Trinajstić information content (AvgIpc) is 2.19. The normalized spacial score (nSPS) is 10.1. The van der Waals surface area contributed by atoms with Gasteiger partial charge < -0.3 is 5.32 Å². The SMILES string of the molecule is CC.CC(=O)Nc1ccc(C(F)(F)F)cc1. The van der Waals surface area contributed by atoms with Gasteiger partial charge in [-0.15, -0.1) is 0 Å². The van der Waals surface area contributed by atoms with E-state index in [-0.39, 0.29) is 5.91 Å². The summed E-state index contributed by atoms with van der Waals surface area (Å²) in [7, 11) is 0. The van der Waals surface area contributed by atoms with E-state index in [1.54, 1.807) is 0 Å². The summed E-state index contributed by atoms with van der Waals surface area (Å²) in [6.07, 6.45) is -4.34. The molecule has 1 amide bonds. The van der Waals surface area contributed by atoms with E-state index >= 15 is 0 Å². The molecule has 0 aliphatic heterocycles. The molecule has 1 N–H and O–H groups in total. The lowest BCUT2D eigenvalue weighted by Crippen LogP contribution is -2.07. The summed E-state index contributed by atoms with van der Waals surface area (Å²) in [5.41, 5.74) is -0.378. The molecule has 1 aromatic rings. The largest absolute Gasteiger partial charge is 0.416 e. The van der Waals surface area contributed by atoms with E-state index in [1.807, 2.05) is 13.8 Å². The molecule has 1 rings (SSSR count). The van der Waals surface area contributed by atoms with Gasteiger partial charge >= 0.3 is 6.18 Å². The van der Waals surface area contributed by atoms with E-state index in [0.29, 0.717) is 5.69 Å². The Bertz CT molecular complexity index is 330. The molecule has 0 aliphatic rings. The first-order valence-electron chi connectivity index (χ1n) is 4.84. The van der Waals surface area contributed by atoms with Gasteiger partial charge in [-0.2, -0.15) is 13.2 Å². The number of nitrogens with one attached hydrogen (secondary N) is 1. The average molecular weight is 233 g/mol. The Kier molecular flexibility index (Phi) is 5.56. The Morgan fingerprint density at radius 1 is 1.12 bits per heavy atom. The summed E-state index contributed by atoms with van der Waals surface area (Å²) in [5.74, 6) is -0.315. The van der Waals surface area contributed by atoms with Crippen molar-refractivity contribution < 1.29 is 18.0 Å².